The average molecular weight is 539 g/mol. The van der Waals surface area contributed by atoms with Gasteiger partial charge in [0.15, 0.2) is 0 Å². The van der Waals surface area contributed by atoms with Crippen molar-refractivity contribution in [1.29, 1.82) is 5.41 Å². The molecule has 0 amide bonds. The number of aromatic nitrogens is 3. The molecule has 0 saturated carbocycles. The Balaban J connectivity index is 0.00000118. The zero-order valence-electron chi connectivity index (χ0n) is 24.0. The van der Waals surface area contributed by atoms with Crippen molar-refractivity contribution in [2.75, 3.05) is 13.7 Å². The zero-order valence-corrected chi connectivity index (χ0v) is 24.0. The Morgan fingerprint density at radius 1 is 1.18 bits per heavy atom. The van der Waals surface area contributed by atoms with Crippen LogP contribution in [0.3, 0.4) is 0 Å². The van der Waals surface area contributed by atoms with E-state index in [1.165, 1.54) is 16.7 Å². The second-order valence-corrected chi connectivity index (χ2v) is 10.4. The van der Waals surface area contributed by atoms with Crippen LogP contribution in [0.2, 0.25) is 0 Å². The standard InChI is InChI=1S/C30H36N6O.C3H6/c1-21(31)14-15-32-17-22-10-12-23(13-11-22)19-36(20-29-34-26-7-3-4-8-27(26)35-29)28-9-5-6-24-16-25(37-2)18-33-30(24)28;1-3-2/h3-4,7-8,10-13,16,18,28,31-32H,5-6,9,14-15,17,19-20H2,1-2H3,(H,34,35);3H,1H2,2H3. The highest BCUT2D eigenvalue weighted by Crippen LogP contribution is 2.36. The van der Waals surface area contributed by atoms with Crippen LogP contribution < -0.4 is 10.1 Å². The third-order valence-electron chi connectivity index (χ3n) is 7.10. The summed E-state index contributed by atoms with van der Waals surface area (Å²) < 4.78 is 5.45. The molecule has 40 heavy (non-hydrogen) atoms. The van der Waals surface area contributed by atoms with Crippen molar-refractivity contribution < 1.29 is 4.74 Å². The summed E-state index contributed by atoms with van der Waals surface area (Å²) in [6.07, 6.45) is 7.62. The molecule has 0 bridgehead atoms. The van der Waals surface area contributed by atoms with Gasteiger partial charge in [0, 0.05) is 25.3 Å². The Labute approximate surface area is 238 Å². The first-order chi connectivity index (χ1) is 19.5. The van der Waals surface area contributed by atoms with Crippen LogP contribution in [0.25, 0.3) is 11.0 Å². The number of benzene rings is 2. The molecule has 2 heterocycles. The summed E-state index contributed by atoms with van der Waals surface area (Å²) >= 11 is 0. The van der Waals surface area contributed by atoms with Gasteiger partial charge in [-0.25, -0.2) is 4.98 Å². The molecule has 0 radical (unpaired) electrons. The number of para-hydroxylation sites is 2. The van der Waals surface area contributed by atoms with Crippen LogP contribution in [0.1, 0.15) is 67.4 Å². The van der Waals surface area contributed by atoms with Crippen LogP contribution in [0.15, 0.2) is 73.4 Å². The molecule has 0 fully saturated rings. The molecule has 4 aromatic rings. The van der Waals surface area contributed by atoms with Crippen molar-refractivity contribution in [2.24, 2.45) is 0 Å². The lowest BCUT2D eigenvalue weighted by atomic mass is 9.90. The van der Waals surface area contributed by atoms with E-state index in [4.69, 9.17) is 20.1 Å². The first-order valence-corrected chi connectivity index (χ1v) is 14.1. The van der Waals surface area contributed by atoms with Crippen molar-refractivity contribution >= 4 is 16.7 Å². The Kier molecular flexibility index (Phi) is 10.6. The first kappa shape index (κ1) is 29.2. The predicted molar refractivity (Wildman–Crippen MR) is 164 cm³/mol. The van der Waals surface area contributed by atoms with Gasteiger partial charge in [-0.15, -0.1) is 6.58 Å². The fraction of sp³-hybridized carbons (Fsp3) is 0.364. The minimum Gasteiger partial charge on any atom is -0.495 e. The molecule has 7 nitrogen and oxygen atoms in total. The normalized spacial score (nSPS) is 14.3. The van der Waals surface area contributed by atoms with Gasteiger partial charge in [0.05, 0.1) is 42.6 Å². The molecule has 1 aliphatic rings. The summed E-state index contributed by atoms with van der Waals surface area (Å²) in [6.45, 7) is 10.3. The van der Waals surface area contributed by atoms with E-state index < -0.39 is 0 Å². The lowest BCUT2D eigenvalue weighted by Crippen LogP contribution is -2.32. The highest BCUT2D eigenvalue weighted by molar-refractivity contribution is 5.78. The summed E-state index contributed by atoms with van der Waals surface area (Å²) in [5, 5.41) is 11.0. The second kappa shape index (κ2) is 14.5. The van der Waals surface area contributed by atoms with Gasteiger partial charge in [0.2, 0.25) is 0 Å². The number of nitrogens with one attached hydrogen (secondary N) is 3. The summed E-state index contributed by atoms with van der Waals surface area (Å²) in [4.78, 5) is 15.8. The predicted octanol–water partition coefficient (Wildman–Crippen LogP) is 6.76. The molecule has 3 N–H and O–H groups in total. The van der Waals surface area contributed by atoms with Crippen molar-refractivity contribution in [3.8, 4) is 5.75 Å². The molecule has 1 unspecified atom stereocenters. The van der Waals surface area contributed by atoms with E-state index in [0.29, 0.717) is 5.71 Å². The van der Waals surface area contributed by atoms with Crippen molar-refractivity contribution in [3.63, 3.8) is 0 Å². The van der Waals surface area contributed by atoms with E-state index in [0.717, 1.165) is 80.2 Å². The largest absolute Gasteiger partial charge is 0.495 e. The molecule has 2 aromatic carbocycles. The number of hydrogen-bond donors (Lipinski definition) is 3. The maximum Gasteiger partial charge on any atom is 0.137 e. The number of pyridine rings is 1. The molecule has 1 atom stereocenters. The summed E-state index contributed by atoms with van der Waals surface area (Å²) in [5.74, 6) is 1.80. The number of hydrogen-bond acceptors (Lipinski definition) is 6. The highest BCUT2D eigenvalue weighted by atomic mass is 16.5. The molecule has 0 saturated heterocycles. The Hall–Kier alpha value is -3.81. The number of nitrogens with zero attached hydrogens (tertiary/aromatic N) is 3. The topological polar surface area (TPSA) is 89.9 Å². The number of aromatic amines is 1. The van der Waals surface area contributed by atoms with Gasteiger partial charge in [-0.05, 0) is 74.4 Å². The SMILES string of the molecule is C=CC.COc1cnc2c(c1)CCCC2N(Cc1ccc(CNCCC(C)=N)cc1)Cc1nc2ccccc2[nH]1. The summed E-state index contributed by atoms with van der Waals surface area (Å²) in [6, 6.07) is 19.4. The van der Waals surface area contributed by atoms with Crippen LogP contribution in [-0.4, -0.2) is 39.2 Å². The van der Waals surface area contributed by atoms with Crippen LogP contribution in [-0.2, 0) is 26.1 Å². The lowest BCUT2D eigenvalue weighted by molar-refractivity contribution is 0.153. The number of imidazole rings is 1. The van der Waals surface area contributed by atoms with Crippen molar-refractivity contribution in [2.45, 2.75) is 65.2 Å². The van der Waals surface area contributed by atoms with Gasteiger partial charge < -0.3 is 20.4 Å². The molecular formula is C33H42N6O. The fourth-order valence-corrected chi connectivity index (χ4v) is 5.14. The number of fused-ring (bicyclic) bond motifs is 2. The van der Waals surface area contributed by atoms with Gasteiger partial charge in [-0.2, -0.15) is 0 Å². The van der Waals surface area contributed by atoms with Crippen LogP contribution in [0, 0.1) is 5.41 Å². The molecule has 210 valence electrons. The number of methoxy groups -OCH3 is 1. The van der Waals surface area contributed by atoms with Crippen molar-refractivity contribution in [3.05, 3.63) is 102 Å². The van der Waals surface area contributed by atoms with E-state index in [1.807, 2.05) is 32.2 Å². The van der Waals surface area contributed by atoms with Gasteiger partial charge in [-0.1, -0.05) is 42.5 Å². The van der Waals surface area contributed by atoms with E-state index in [2.05, 4.69) is 64.2 Å². The Morgan fingerprint density at radius 3 is 2.65 bits per heavy atom. The molecular weight excluding hydrogens is 496 g/mol. The monoisotopic (exact) mass is 538 g/mol. The van der Waals surface area contributed by atoms with Gasteiger partial charge in [0.25, 0.3) is 0 Å². The number of allylic oxidation sites excluding steroid dienone is 1. The minimum atomic E-state index is 0.216. The third-order valence-corrected chi connectivity index (χ3v) is 7.10. The molecule has 1 aliphatic carbocycles. The zero-order chi connectivity index (χ0) is 28.3. The highest BCUT2D eigenvalue weighted by Gasteiger charge is 2.28. The van der Waals surface area contributed by atoms with E-state index in [-0.39, 0.29) is 6.04 Å². The Bertz CT molecular complexity index is 1360. The molecule has 5 rings (SSSR count). The van der Waals surface area contributed by atoms with E-state index >= 15 is 0 Å². The second-order valence-electron chi connectivity index (χ2n) is 10.4. The van der Waals surface area contributed by atoms with Gasteiger partial charge in [-0.3, -0.25) is 9.88 Å². The summed E-state index contributed by atoms with van der Waals surface area (Å²) in [5.41, 5.74) is 7.75. The lowest BCUT2D eigenvalue weighted by Gasteiger charge is -2.35. The van der Waals surface area contributed by atoms with Crippen LogP contribution in [0.5, 0.6) is 5.75 Å². The van der Waals surface area contributed by atoms with Gasteiger partial charge in [0.1, 0.15) is 11.6 Å². The average Bonchev–Trinajstić information content (AvgIpc) is 3.38. The number of rotatable bonds is 11. The minimum absolute atomic E-state index is 0.216. The molecule has 7 heteroatoms. The Morgan fingerprint density at radius 2 is 1.93 bits per heavy atom. The maximum absolute atomic E-state index is 7.57. The maximum atomic E-state index is 7.57. The van der Waals surface area contributed by atoms with Crippen LogP contribution in [0.4, 0.5) is 0 Å². The quantitative estimate of drug-likeness (QED) is 0.112. The van der Waals surface area contributed by atoms with Crippen LogP contribution >= 0.6 is 0 Å². The summed E-state index contributed by atoms with van der Waals surface area (Å²) in [7, 11) is 1.70. The smallest absolute Gasteiger partial charge is 0.137 e. The number of aryl methyl sites for hydroxylation is 1. The van der Waals surface area contributed by atoms with Crippen molar-refractivity contribution in [1.82, 2.24) is 25.2 Å². The molecule has 0 aliphatic heterocycles. The molecule has 2 aromatic heterocycles. The fourth-order valence-electron chi connectivity index (χ4n) is 5.14. The van der Waals surface area contributed by atoms with E-state index in [1.54, 1.807) is 13.2 Å². The van der Waals surface area contributed by atoms with Gasteiger partial charge >= 0.3 is 0 Å². The number of ether oxygens (including phenoxy) is 1. The van der Waals surface area contributed by atoms with E-state index in [9.17, 15) is 0 Å². The number of H-pyrrole nitrogens is 1. The molecule has 0 spiro atoms. The first-order valence-electron chi connectivity index (χ1n) is 14.1. The third kappa shape index (κ3) is 7.87.